The van der Waals surface area contributed by atoms with Crippen LogP contribution in [-0.2, 0) is 24.4 Å². The molecule has 0 aliphatic carbocycles. The van der Waals surface area contributed by atoms with Gasteiger partial charge < -0.3 is 9.29 Å². The molecule has 0 rings (SSSR count). The third-order valence-corrected chi connectivity index (χ3v) is 4.42. The number of ether oxygens (including phenoxy) is 1. The van der Waals surface area contributed by atoms with Gasteiger partial charge in [-0.3, -0.25) is 9.59 Å². The van der Waals surface area contributed by atoms with Crippen molar-refractivity contribution in [3.8, 4) is 0 Å². The molecule has 0 spiro atoms. The first kappa shape index (κ1) is 23.3. The molecule has 0 saturated heterocycles. The predicted molar refractivity (Wildman–Crippen MR) is 73.0 cm³/mol. The van der Waals surface area contributed by atoms with Gasteiger partial charge in [0.15, 0.2) is 5.25 Å². The smallest absolute Gasteiger partial charge is 0.747 e. The van der Waals surface area contributed by atoms with E-state index in [1.54, 1.807) is 13.8 Å². The van der Waals surface area contributed by atoms with Crippen molar-refractivity contribution < 1.29 is 56.9 Å². The first-order chi connectivity index (χ1) is 9.13. The van der Waals surface area contributed by atoms with Gasteiger partial charge >= 0.3 is 35.5 Å². The van der Waals surface area contributed by atoms with Crippen molar-refractivity contribution in [3.05, 3.63) is 0 Å². The maximum absolute atomic E-state index is 11.7. The van der Waals surface area contributed by atoms with Crippen molar-refractivity contribution in [2.24, 2.45) is 11.8 Å². The fourth-order valence-electron chi connectivity index (χ4n) is 1.35. The van der Waals surface area contributed by atoms with E-state index in [2.05, 4.69) is 0 Å². The van der Waals surface area contributed by atoms with Crippen LogP contribution in [0.25, 0.3) is 0 Å². The summed E-state index contributed by atoms with van der Waals surface area (Å²) < 4.78 is 38.2. The number of carbonyl (C=O) groups is 2. The predicted octanol–water partition coefficient (Wildman–Crippen LogP) is -1.50. The number of rotatable bonds is 9. The summed E-state index contributed by atoms with van der Waals surface area (Å²) in [6.07, 6.45) is 0.667. The van der Waals surface area contributed by atoms with E-state index in [0.29, 0.717) is 6.42 Å². The van der Waals surface area contributed by atoms with E-state index >= 15 is 0 Å². The van der Waals surface area contributed by atoms with Gasteiger partial charge in [-0.2, -0.15) is 0 Å². The first-order valence-corrected chi connectivity index (χ1v) is 8.24. The molecule has 3 unspecified atom stereocenters. The van der Waals surface area contributed by atoms with E-state index in [-0.39, 0.29) is 48.0 Å². The number of hydrogen-bond acceptors (Lipinski definition) is 6. The van der Waals surface area contributed by atoms with Gasteiger partial charge in [0, 0.05) is 12.3 Å². The Morgan fingerprint density at radius 1 is 1.14 bits per heavy atom. The Kier molecular flexibility index (Phi) is 11.9. The molecule has 0 radical (unpaired) electrons. The second kappa shape index (κ2) is 10.7. The van der Waals surface area contributed by atoms with Crippen LogP contribution >= 0.6 is 0 Å². The fraction of sp³-hybridized carbons (Fsp3) is 0.846. The van der Waals surface area contributed by atoms with Gasteiger partial charge in [0.25, 0.3) is 0 Å². The van der Waals surface area contributed by atoms with E-state index in [1.165, 1.54) is 0 Å². The van der Waals surface area contributed by atoms with Crippen LogP contribution in [0.1, 0.15) is 47.0 Å². The Morgan fingerprint density at radius 3 is 2.05 bits per heavy atom. The van der Waals surface area contributed by atoms with E-state index in [0.717, 1.165) is 6.42 Å². The molecule has 8 heteroatoms. The molecule has 0 aromatic heterocycles. The molecule has 0 saturated carbocycles. The van der Waals surface area contributed by atoms with Crippen LogP contribution in [-0.4, -0.2) is 36.6 Å². The van der Waals surface area contributed by atoms with Crippen LogP contribution in [0.5, 0.6) is 0 Å². The first-order valence-electron chi connectivity index (χ1n) is 6.77. The summed E-state index contributed by atoms with van der Waals surface area (Å²) in [7, 11) is -4.90. The summed E-state index contributed by atoms with van der Waals surface area (Å²) >= 11 is 0. The van der Waals surface area contributed by atoms with Crippen LogP contribution in [0.3, 0.4) is 0 Å². The monoisotopic (exact) mass is 330 g/mol. The molecule has 0 bridgehead atoms. The molecule has 21 heavy (non-hydrogen) atoms. The van der Waals surface area contributed by atoms with Gasteiger partial charge in [-0.05, 0) is 12.3 Å². The summed E-state index contributed by atoms with van der Waals surface area (Å²) in [5, 5.41) is -1.94. The fourth-order valence-corrected chi connectivity index (χ4v) is 2.02. The number of ketones is 1. The minimum absolute atomic E-state index is 0. The van der Waals surface area contributed by atoms with Gasteiger partial charge in [0.05, 0.1) is 6.61 Å². The van der Waals surface area contributed by atoms with Gasteiger partial charge in [-0.15, -0.1) is 0 Å². The van der Waals surface area contributed by atoms with Crippen LogP contribution in [0.15, 0.2) is 0 Å². The van der Waals surface area contributed by atoms with Gasteiger partial charge in [0.1, 0.15) is 15.9 Å². The summed E-state index contributed by atoms with van der Waals surface area (Å²) in [6, 6.07) is 0. The minimum Gasteiger partial charge on any atom is -0.747 e. The van der Waals surface area contributed by atoms with E-state index in [9.17, 15) is 22.6 Å². The summed E-state index contributed by atoms with van der Waals surface area (Å²) in [4.78, 5) is 23.4. The maximum Gasteiger partial charge on any atom is 1.00 e. The summed E-state index contributed by atoms with van der Waals surface area (Å²) in [5.74, 6) is -1.87. The average molecular weight is 330 g/mol. The topological polar surface area (TPSA) is 101 Å². The normalized spacial score (nSPS) is 15.5. The molecule has 0 amide bonds. The quantitative estimate of drug-likeness (QED) is 0.290. The second-order valence-electron chi connectivity index (χ2n) is 5.10. The Labute approximate surface area is 149 Å². The Bertz CT molecular complexity index is 434. The molecule has 0 heterocycles. The SMILES string of the molecule is CCC(C)COC(=O)C(CC(=O)C(C)CC)S(=O)(=O)[O-].[Na+]. The number of esters is 1. The molecule has 0 aliphatic heterocycles. The van der Waals surface area contributed by atoms with Crippen LogP contribution in [0.2, 0.25) is 0 Å². The van der Waals surface area contributed by atoms with Crippen molar-refractivity contribution in [1.82, 2.24) is 0 Å². The van der Waals surface area contributed by atoms with Crippen molar-refractivity contribution in [3.63, 3.8) is 0 Å². The largest absolute Gasteiger partial charge is 1.00 e. The van der Waals surface area contributed by atoms with Crippen molar-refractivity contribution >= 4 is 21.9 Å². The summed E-state index contributed by atoms with van der Waals surface area (Å²) in [6.45, 7) is 7.16. The van der Waals surface area contributed by atoms with E-state index in [1.807, 2.05) is 13.8 Å². The zero-order valence-electron chi connectivity index (χ0n) is 13.4. The van der Waals surface area contributed by atoms with Crippen molar-refractivity contribution in [2.45, 2.75) is 52.2 Å². The molecule has 0 aromatic carbocycles. The average Bonchev–Trinajstić information content (AvgIpc) is 2.38. The van der Waals surface area contributed by atoms with Crippen LogP contribution in [0, 0.1) is 11.8 Å². The molecular formula is C13H23NaO6S. The number of carbonyl (C=O) groups excluding carboxylic acids is 2. The van der Waals surface area contributed by atoms with E-state index in [4.69, 9.17) is 4.74 Å². The molecule has 0 aliphatic rings. The summed E-state index contributed by atoms with van der Waals surface area (Å²) in [5.41, 5.74) is 0. The maximum atomic E-state index is 11.7. The minimum atomic E-state index is -4.90. The zero-order valence-corrected chi connectivity index (χ0v) is 16.2. The van der Waals surface area contributed by atoms with E-state index < -0.39 is 33.5 Å². The Morgan fingerprint density at radius 2 is 1.67 bits per heavy atom. The van der Waals surface area contributed by atoms with Gasteiger partial charge in [-0.25, -0.2) is 8.42 Å². The van der Waals surface area contributed by atoms with Crippen LogP contribution in [0.4, 0.5) is 0 Å². The van der Waals surface area contributed by atoms with Gasteiger partial charge in [0.2, 0.25) is 0 Å². The molecular weight excluding hydrogens is 307 g/mol. The third kappa shape index (κ3) is 8.93. The molecule has 0 aromatic rings. The Balaban J connectivity index is 0. The zero-order chi connectivity index (χ0) is 15.9. The molecule has 0 N–H and O–H groups in total. The molecule has 6 nitrogen and oxygen atoms in total. The standard InChI is InChI=1S/C13H24O6S.Na/c1-5-9(3)8-19-13(15)12(20(16,17)18)7-11(14)10(4)6-2;/h9-10,12H,5-8H2,1-4H3,(H,16,17,18);/q;+1/p-1. The van der Waals surface area contributed by atoms with Gasteiger partial charge in [-0.1, -0.05) is 34.1 Å². The number of hydrogen-bond donors (Lipinski definition) is 0. The second-order valence-corrected chi connectivity index (χ2v) is 6.66. The molecule has 118 valence electrons. The molecule has 0 fully saturated rings. The third-order valence-electron chi connectivity index (χ3n) is 3.37. The Hall–Kier alpha value is 0.0500. The van der Waals surface area contributed by atoms with Crippen LogP contribution < -0.4 is 29.6 Å². The number of Topliss-reactive ketones (excluding diaryl/α,β-unsaturated/α-hetero) is 1. The van der Waals surface area contributed by atoms with Crippen molar-refractivity contribution in [2.75, 3.05) is 6.61 Å². The van der Waals surface area contributed by atoms with Crippen molar-refractivity contribution in [1.29, 1.82) is 0 Å². The molecule has 3 atom stereocenters.